The van der Waals surface area contributed by atoms with Crippen molar-refractivity contribution in [3.8, 4) is 0 Å². The van der Waals surface area contributed by atoms with E-state index in [0.717, 1.165) is 6.54 Å². The monoisotopic (exact) mass is 188 g/mol. The Hall–Kier alpha value is -0.610. The number of rotatable bonds is 5. The summed E-state index contributed by atoms with van der Waals surface area (Å²) in [6, 6.07) is 0. The van der Waals surface area contributed by atoms with Crippen molar-refractivity contribution in [2.45, 2.75) is 26.4 Å². The van der Waals surface area contributed by atoms with E-state index in [1.54, 1.807) is 20.9 Å². The van der Waals surface area contributed by atoms with Gasteiger partial charge in [-0.2, -0.15) is 0 Å². The van der Waals surface area contributed by atoms with E-state index in [1.807, 2.05) is 6.92 Å². The first kappa shape index (κ1) is 12.4. The maximum absolute atomic E-state index is 11.3. The number of likely N-dealkylation sites (N-methyl/N-ethyl adjacent to an activating group) is 2. The molecule has 0 heterocycles. The SMILES string of the molecule is CCNCC(=O)N(C)CC(C)(C)O. The van der Waals surface area contributed by atoms with Crippen molar-refractivity contribution < 1.29 is 9.90 Å². The molecule has 0 aliphatic carbocycles. The van der Waals surface area contributed by atoms with Crippen molar-refractivity contribution >= 4 is 5.91 Å². The third-order valence-electron chi connectivity index (χ3n) is 1.58. The lowest BCUT2D eigenvalue weighted by atomic mass is 10.1. The summed E-state index contributed by atoms with van der Waals surface area (Å²) in [6.45, 7) is 6.79. The zero-order valence-corrected chi connectivity index (χ0v) is 8.92. The predicted molar refractivity (Wildman–Crippen MR) is 52.5 cm³/mol. The highest BCUT2D eigenvalue weighted by Gasteiger charge is 2.18. The van der Waals surface area contributed by atoms with Crippen molar-refractivity contribution in [1.29, 1.82) is 0 Å². The van der Waals surface area contributed by atoms with E-state index >= 15 is 0 Å². The summed E-state index contributed by atoms with van der Waals surface area (Å²) in [6.07, 6.45) is 0. The lowest BCUT2D eigenvalue weighted by molar-refractivity contribution is -0.131. The largest absolute Gasteiger partial charge is 0.389 e. The second-order valence-corrected chi connectivity index (χ2v) is 3.84. The Morgan fingerprint density at radius 3 is 2.46 bits per heavy atom. The molecule has 2 N–H and O–H groups in total. The van der Waals surface area contributed by atoms with Gasteiger partial charge in [0.1, 0.15) is 0 Å². The highest BCUT2D eigenvalue weighted by atomic mass is 16.3. The zero-order valence-electron chi connectivity index (χ0n) is 8.92. The molecule has 0 aliphatic heterocycles. The molecular formula is C9H20N2O2. The average molecular weight is 188 g/mol. The summed E-state index contributed by atoms with van der Waals surface area (Å²) < 4.78 is 0. The molecule has 0 fully saturated rings. The third-order valence-corrected chi connectivity index (χ3v) is 1.58. The van der Waals surface area contributed by atoms with Crippen LogP contribution in [0, 0.1) is 0 Å². The Balaban J connectivity index is 3.83. The number of hydrogen-bond acceptors (Lipinski definition) is 3. The van der Waals surface area contributed by atoms with Crippen LogP contribution in [-0.4, -0.2) is 48.2 Å². The van der Waals surface area contributed by atoms with E-state index in [-0.39, 0.29) is 5.91 Å². The fourth-order valence-corrected chi connectivity index (χ4v) is 1.04. The van der Waals surface area contributed by atoms with Gasteiger partial charge in [0.2, 0.25) is 5.91 Å². The summed E-state index contributed by atoms with van der Waals surface area (Å²) in [7, 11) is 1.69. The molecule has 0 unspecified atom stereocenters. The molecule has 0 bridgehead atoms. The maximum Gasteiger partial charge on any atom is 0.236 e. The molecule has 0 radical (unpaired) electrons. The molecule has 0 saturated carbocycles. The molecule has 0 rings (SSSR count). The minimum absolute atomic E-state index is 0.00368. The van der Waals surface area contributed by atoms with Gasteiger partial charge >= 0.3 is 0 Å². The van der Waals surface area contributed by atoms with E-state index in [9.17, 15) is 9.90 Å². The molecule has 0 aromatic carbocycles. The molecule has 0 atom stereocenters. The van der Waals surface area contributed by atoms with E-state index in [2.05, 4.69) is 5.32 Å². The first-order chi connectivity index (χ1) is 5.87. The topological polar surface area (TPSA) is 52.6 Å². The van der Waals surface area contributed by atoms with Crippen LogP contribution in [0.5, 0.6) is 0 Å². The van der Waals surface area contributed by atoms with Gasteiger partial charge in [0.15, 0.2) is 0 Å². The summed E-state index contributed by atoms with van der Waals surface area (Å²) in [5, 5.41) is 12.4. The second kappa shape index (κ2) is 5.19. The van der Waals surface area contributed by atoms with Crippen LogP contribution >= 0.6 is 0 Å². The molecule has 0 aliphatic rings. The van der Waals surface area contributed by atoms with Crippen molar-refractivity contribution in [1.82, 2.24) is 10.2 Å². The Bertz CT molecular complexity index is 163. The van der Waals surface area contributed by atoms with Crippen LogP contribution in [0.4, 0.5) is 0 Å². The van der Waals surface area contributed by atoms with Gasteiger partial charge in [-0.05, 0) is 20.4 Å². The number of amides is 1. The molecule has 78 valence electrons. The lowest BCUT2D eigenvalue weighted by Crippen LogP contribution is -2.43. The smallest absolute Gasteiger partial charge is 0.236 e. The first-order valence-corrected chi connectivity index (χ1v) is 4.54. The Morgan fingerprint density at radius 1 is 1.54 bits per heavy atom. The average Bonchev–Trinajstić information content (AvgIpc) is 1.96. The van der Waals surface area contributed by atoms with Crippen LogP contribution in [0.15, 0.2) is 0 Å². The third kappa shape index (κ3) is 6.54. The minimum Gasteiger partial charge on any atom is -0.389 e. The number of carbonyl (C=O) groups is 1. The number of nitrogens with zero attached hydrogens (tertiary/aromatic N) is 1. The summed E-state index contributed by atoms with van der Waals surface area (Å²) in [5.74, 6) is 0.00368. The molecule has 1 amide bonds. The number of hydrogen-bond donors (Lipinski definition) is 2. The second-order valence-electron chi connectivity index (χ2n) is 3.84. The molecule has 0 saturated heterocycles. The molecule has 0 aromatic heterocycles. The summed E-state index contributed by atoms with van der Waals surface area (Å²) in [4.78, 5) is 12.9. The molecule has 4 nitrogen and oxygen atoms in total. The zero-order chi connectivity index (χ0) is 10.5. The number of carbonyl (C=O) groups excluding carboxylic acids is 1. The van der Waals surface area contributed by atoms with Crippen molar-refractivity contribution in [2.24, 2.45) is 0 Å². The van der Waals surface area contributed by atoms with Crippen molar-refractivity contribution in [3.63, 3.8) is 0 Å². The van der Waals surface area contributed by atoms with Crippen molar-refractivity contribution in [3.05, 3.63) is 0 Å². The molecule has 4 heteroatoms. The van der Waals surface area contributed by atoms with Crippen molar-refractivity contribution in [2.75, 3.05) is 26.7 Å². The van der Waals surface area contributed by atoms with Crippen LogP contribution in [-0.2, 0) is 4.79 Å². The van der Waals surface area contributed by atoms with Gasteiger partial charge in [0.25, 0.3) is 0 Å². The standard InChI is InChI=1S/C9H20N2O2/c1-5-10-6-8(12)11(4)7-9(2,3)13/h10,13H,5-7H2,1-4H3. The van der Waals surface area contributed by atoms with E-state index in [0.29, 0.717) is 13.1 Å². The number of nitrogens with one attached hydrogen (secondary N) is 1. The molecule has 0 aromatic rings. The van der Waals surface area contributed by atoms with Gasteiger partial charge < -0.3 is 15.3 Å². The minimum atomic E-state index is -0.823. The maximum atomic E-state index is 11.3. The quantitative estimate of drug-likeness (QED) is 0.629. The van der Waals surface area contributed by atoms with E-state index in [4.69, 9.17) is 0 Å². The predicted octanol–water partition coefficient (Wildman–Crippen LogP) is -0.175. The number of aliphatic hydroxyl groups is 1. The normalized spacial score (nSPS) is 11.5. The Labute approximate surface area is 79.9 Å². The van der Waals surface area contributed by atoms with Gasteiger partial charge in [-0.15, -0.1) is 0 Å². The van der Waals surface area contributed by atoms with Gasteiger partial charge in [-0.3, -0.25) is 4.79 Å². The highest BCUT2D eigenvalue weighted by Crippen LogP contribution is 2.02. The van der Waals surface area contributed by atoms with Crippen LogP contribution in [0.25, 0.3) is 0 Å². The molecule has 13 heavy (non-hydrogen) atoms. The van der Waals surface area contributed by atoms with Gasteiger partial charge in [0.05, 0.1) is 12.1 Å². The fraction of sp³-hybridized carbons (Fsp3) is 0.889. The molecule has 0 spiro atoms. The van der Waals surface area contributed by atoms with Gasteiger partial charge in [-0.1, -0.05) is 6.92 Å². The molecular weight excluding hydrogens is 168 g/mol. The van der Waals surface area contributed by atoms with Crippen LogP contribution in [0.1, 0.15) is 20.8 Å². The van der Waals surface area contributed by atoms with E-state index in [1.165, 1.54) is 4.90 Å². The fourth-order valence-electron chi connectivity index (χ4n) is 1.04. The highest BCUT2D eigenvalue weighted by molar-refractivity contribution is 5.78. The lowest BCUT2D eigenvalue weighted by Gasteiger charge is -2.25. The van der Waals surface area contributed by atoms with Gasteiger partial charge in [-0.25, -0.2) is 0 Å². The van der Waals surface area contributed by atoms with Crippen LogP contribution in [0.3, 0.4) is 0 Å². The Kier molecular flexibility index (Phi) is 4.95. The van der Waals surface area contributed by atoms with Crippen LogP contribution in [0.2, 0.25) is 0 Å². The van der Waals surface area contributed by atoms with E-state index < -0.39 is 5.60 Å². The van der Waals surface area contributed by atoms with Crippen LogP contribution < -0.4 is 5.32 Å². The summed E-state index contributed by atoms with van der Waals surface area (Å²) >= 11 is 0. The summed E-state index contributed by atoms with van der Waals surface area (Å²) in [5.41, 5.74) is -0.823. The first-order valence-electron chi connectivity index (χ1n) is 4.54. The Morgan fingerprint density at radius 2 is 2.08 bits per heavy atom. The van der Waals surface area contributed by atoms with Gasteiger partial charge in [0, 0.05) is 13.6 Å².